The van der Waals surface area contributed by atoms with E-state index >= 15 is 0 Å². The summed E-state index contributed by atoms with van der Waals surface area (Å²) < 4.78 is 0. The van der Waals surface area contributed by atoms with E-state index in [0.717, 1.165) is 6.42 Å². The first kappa shape index (κ1) is 9.05. The summed E-state index contributed by atoms with van der Waals surface area (Å²) in [4.78, 5) is 0. The number of allylic oxidation sites excluding steroid dienone is 5. The fraction of sp³-hybridized carbons (Fsp3) is 0.333. The van der Waals surface area contributed by atoms with Crippen molar-refractivity contribution in [1.82, 2.24) is 0 Å². The minimum atomic E-state index is 0.373. The molecule has 0 amide bonds. The summed E-state index contributed by atoms with van der Waals surface area (Å²) in [6.07, 6.45) is 11.4. The molecule has 0 bridgehead atoms. The molecular formula is C12H16. The Morgan fingerprint density at radius 3 is 2.25 bits per heavy atom. The first-order valence-electron chi connectivity index (χ1n) is 4.35. The summed E-state index contributed by atoms with van der Waals surface area (Å²) in [5, 5.41) is 0. The van der Waals surface area contributed by atoms with Crippen LogP contribution in [-0.2, 0) is 0 Å². The van der Waals surface area contributed by atoms with Crippen LogP contribution < -0.4 is 0 Å². The molecule has 64 valence electrons. The molecule has 0 spiro atoms. The first-order valence-corrected chi connectivity index (χ1v) is 4.35. The average Bonchev–Trinajstić information content (AvgIpc) is 2.82. The van der Waals surface area contributed by atoms with Gasteiger partial charge >= 0.3 is 0 Å². The molecule has 1 aliphatic rings. The van der Waals surface area contributed by atoms with Gasteiger partial charge in [0.2, 0.25) is 0 Å². The maximum absolute atomic E-state index is 3.82. The van der Waals surface area contributed by atoms with Crippen LogP contribution >= 0.6 is 0 Å². The predicted molar refractivity (Wildman–Crippen MR) is 55.0 cm³/mol. The molecule has 0 aromatic heterocycles. The highest BCUT2D eigenvalue weighted by Crippen LogP contribution is 2.55. The van der Waals surface area contributed by atoms with Crippen LogP contribution in [0.5, 0.6) is 0 Å². The van der Waals surface area contributed by atoms with Gasteiger partial charge in [-0.25, -0.2) is 0 Å². The maximum atomic E-state index is 3.82. The van der Waals surface area contributed by atoms with Gasteiger partial charge in [0.15, 0.2) is 0 Å². The van der Waals surface area contributed by atoms with E-state index in [1.165, 1.54) is 18.4 Å². The highest BCUT2D eigenvalue weighted by Gasteiger charge is 2.43. The van der Waals surface area contributed by atoms with E-state index in [-0.39, 0.29) is 0 Å². The van der Waals surface area contributed by atoms with E-state index in [1.54, 1.807) is 0 Å². The molecule has 1 aliphatic carbocycles. The highest BCUT2D eigenvalue weighted by molar-refractivity contribution is 5.34. The van der Waals surface area contributed by atoms with Crippen LogP contribution in [0.2, 0.25) is 0 Å². The molecule has 0 aromatic carbocycles. The van der Waals surface area contributed by atoms with Gasteiger partial charge < -0.3 is 0 Å². The van der Waals surface area contributed by atoms with Crippen molar-refractivity contribution < 1.29 is 0 Å². The Morgan fingerprint density at radius 2 is 1.92 bits per heavy atom. The Bertz CT molecular complexity index is 226. The van der Waals surface area contributed by atoms with E-state index in [4.69, 9.17) is 0 Å². The van der Waals surface area contributed by atoms with Gasteiger partial charge in [-0.1, -0.05) is 37.5 Å². The quantitative estimate of drug-likeness (QED) is 0.425. The Hall–Kier alpha value is -1.04. The van der Waals surface area contributed by atoms with E-state index in [2.05, 4.69) is 25.8 Å². The van der Waals surface area contributed by atoms with E-state index in [9.17, 15) is 0 Å². The van der Waals surface area contributed by atoms with Crippen LogP contribution in [0.1, 0.15) is 19.3 Å². The van der Waals surface area contributed by atoms with Crippen molar-refractivity contribution in [2.24, 2.45) is 5.41 Å². The summed E-state index contributed by atoms with van der Waals surface area (Å²) in [6.45, 7) is 11.3. The lowest BCUT2D eigenvalue weighted by molar-refractivity contribution is 0.636. The molecule has 0 heterocycles. The van der Waals surface area contributed by atoms with Crippen molar-refractivity contribution in [2.75, 3.05) is 0 Å². The third-order valence-electron chi connectivity index (χ3n) is 2.52. The fourth-order valence-corrected chi connectivity index (χ4v) is 1.63. The minimum absolute atomic E-state index is 0.373. The monoisotopic (exact) mass is 160 g/mol. The molecule has 0 saturated heterocycles. The lowest BCUT2D eigenvalue weighted by Crippen LogP contribution is -2.00. The largest absolute Gasteiger partial charge is 0.103 e. The zero-order chi connectivity index (χ0) is 9.03. The van der Waals surface area contributed by atoms with E-state index < -0.39 is 0 Å². The number of hydrogen-bond acceptors (Lipinski definition) is 0. The second kappa shape index (κ2) is 3.57. The lowest BCUT2D eigenvalue weighted by Gasteiger charge is -2.13. The maximum Gasteiger partial charge on any atom is -0.00122 e. The van der Waals surface area contributed by atoms with Gasteiger partial charge in [-0.2, -0.15) is 0 Å². The lowest BCUT2D eigenvalue weighted by atomic mass is 9.92. The number of rotatable bonds is 5. The Kier molecular flexibility index (Phi) is 2.69. The summed E-state index contributed by atoms with van der Waals surface area (Å²) >= 11 is 0. The third kappa shape index (κ3) is 1.58. The summed E-state index contributed by atoms with van der Waals surface area (Å²) in [5.41, 5.74) is 1.69. The van der Waals surface area contributed by atoms with Crippen LogP contribution in [-0.4, -0.2) is 0 Å². The zero-order valence-corrected chi connectivity index (χ0v) is 7.55. The van der Waals surface area contributed by atoms with Gasteiger partial charge in [0.1, 0.15) is 0 Å². The molecule has 0 atom stereocenters. The van der Waals surface area contributed by atoms with Gasteiger partial charge in [0, 0.05) is 0 Å². The van der Waals surface area contributed by atoms with Crippen LogP contribution in [0.3, 0.4) is 0 Å². The molecule has 0 heteroatoms. The van der Waals surface area contributed by atoms with Gasteiger partial charge in [-0.05, 0) is 30.3 Å². The van der Waals surface area contributed by atoms with Crippen LogP contribution in [0.25, 0.3) is 0 Å². The zero-order valence-electron chi connectivity index (χ0n) is 7.55. The molecule has 1 fully saturated rings. The van der Waals surface area contributed by atoms with Crippen LogP contribution in [0.4, 0.5) is 0 Å². The highest BCUT2D eigenvalue weighted by atomic mass is 14.5. The van der Waals surface area contributed by atoms with E-state index in [0.29, 0.717) is 5.41 Å². The topological polar surface area (TPSA) is 0 Å². The molecule has 0 unspecified atom stereocenters. The van der Waals surface area contributed by atoms with Crippen molar-refractivity contribution in [1.29, 1.82) is 0 Å². The molecule has 1 rings (SSSR count). The van der Waals surface area contributed by atoms with Gasteiger partial charge in [-0.3, -0.25) is 0 Å². The number of hydrogen-bond donors (Lipinski definition) is 0. The molecule has 0 N–H and O–H groups in total. The second-order valence-electron chi connectivity index (χ2n) is 3.33. The Morgan fingerprint density at radius 1 is 1.25 bits per heavy atom. The normalized spacial score (nSPS) is 19.8. The van der Waals surface area contributed by atoms with E-state index in [1.807, 2.05) is 18.2 Å². The molecule has 0 aliphatic heterocycles. The standard InChI is InChI=1S/C12H16/c1-4-7-11(6-3)12(8-5-2)9-10-12/h4-7H,1-3,8-10H2/b11-7+. The third-order valence-corrected chi connectivity index (χ3v) is 2.52. The van der Waals surface area contributed by atoms with Crippen molar-refractivity contribution in [3.05, 3.63) is 49.6 Å². The molecule has 0 radical (unpaired) electrons. The van der Waals surface area contributed by atoms with Crippen molar-refractivity contribution in [2.45, 2.75) is 19.3 Å². The molecule has 12 heavy (non-hydrogen) atoms. The molecular weight excluding hydrogens is 144 g/mol. The van der Waals surface area contributed by atoms with Gasteiger partial charge in [-0.15, -0.1) is 6.58 Å². The summed E-state index contributed by atoms with van der Waals surface area (Å²) in [5.74, 6) is 0. The van der Waals surface area contributed by atoms with Gasteiger partial charge in [0.25, 0.3) is 0 Å². The Balaban J connectivity index is 2.77. The van der Waals surface area contributed by atoms with Crippen LogP contribution in [0, 0.1) is 5.41 Å². The summed E-state index contributed by atoms with van der Waals surface area (Å²) in [7, 11) is 0. The molecule has 1 saturated carbocycles. The molecule has 0 nitrogen and oxygen atoms in total. The first-order chi connectivity index (χ1) is 5.79. The molecule has 0 aromatic rings. The second-order valence-corrected chi connectivity index (χ2v) is 3.33. The minimum Gasteiger partial charge on any atom is -0.103 e. The SMILES string of the molecule is C=C/C=C(\C=C)C1(CC=C)CC1. The van der Waals surface area contributed by atoms with Crippen molar-refractivity contribution in [3.63, 3.8) is 0 Å². The Labute approximate surface area is 75.0 Å². The van der Waals surface area contributed by atoms with Gasteiger partial charge in [0.05, 0.1) is 0 Å². The van der Waals surface area contributed by atoms with Crippen molar-refractivity contribution in [3.8, 4) is 0 Å². The van der Waals surface area contributed by atoms with Crippen LogP contribution in [0.15, 0.2) is 49.6 Å². The smallest absolute Gasteiger partial charge is 0.00122 e. The fourth-order valence-electron chi connectivity index (χ4n) is 1.63. The summed E-state index contributed by atoms with van der Waals surface area (Å²) in [6, 6.07) is 0. The predicted octanol–water partition coefficient (Wildman–Crippen LogP) is 3.64. The van der Waals surface area contributed by atoms with Crippen molar-refractivity contribution >= 4 is 0 Å². The average molecular weight is 160 g/mol.